The predicted molar refractivity (Wildman–Crippen MR) is 57.4 cm³/mol. The summed E-state index contributed by atoms with van der Waals surface area (Å²) in [6.07, 6.45) is 6.32. The lowest BCUT2D eigenvalue weighted by molar-refractivity contribution is -0.150. The molecule has 1 aliphatic carbocycles. The van der Waals surface area contributed by atoms with Crippen molar-refractivity contribution >= 4 is 12.3 Å². The van der Waals surface area contributed by atoms with E-state index in [1.807, 2.05) is 0 Å². The van der Waals surface area contributed by atoms with Gasteiger partial charge in [-0.15, -0.1) is 0 Å². The van der Waals surface area contributed by atoms with Crippen molar-refractivity contribution in [3.8, 4) is 0 Å². The molecule has 0 saturated heterocycles. The van der Waals surface area contributed by atoms with Crippen molar-refractivity contribution in [2.75, 3.05) is 6.61 Å². The fourth-order valence-electron chi connectivity index (χ4n) is 1.93. The van der Waals surface area contributed by atoms with Crippen LogP contribution in [0.2, 0.25) is 0 Å². The van der Waals surface area contributed by atoms with Crippen molar-refractivity contribution in [1.82, 2.24) is 0 Å². The normalized spacial score (nSPS) is 25.9. The van der Waals surface area contributed by atoms with E-state index in [2.05, 4.69) is 6.92 Å². The zero-order valence-electron chi connectivity index (χ0n) is 9.41. The molecule has 0 radical (unpaired) electrons. The Bertz CT molecular complexity index is 205. The summed E-state index contributed by atoms with van der Waals surface area (Å²) in [5.41, 5.74) is 0. The third-order valence-electron chi connectivity index (χ3n) is 3.04. The van der Waals surface area contributed by atoms with E-state index in [1.165, 1.54) is 0 Å². The summed E-state index contributed by atoms with van der Waals surface area (Å²) in [5, 5.41) is 0. The summed E-state index contributed by atoms with van der Waals surface area (Å²) < 4.78 is 5.16. The standard InChI is InChI=1S/C12H20O3/c1-2-3-8-15-12(14)11-6-4-10(9-13)5-7-11/h9-11H,2-8H2,1H3. The van der Waals surface area contributed by atoms with E-state index in [1.54, 1.807) is 0 Å². The van der Waals surface area contributed by atoms with Crippen LogP contribution in [0.15, 0.2) is 0 Å². The molecule has 0 N–H and O–H groups in total. The fraction of sp³-hybridized carbons (Fsp3) is 0.833. The van der Waals surface area contributed by atoms with Crippen LogP contribution in [-0.4, -0.2) is 18.9 Å². The highest BCUT2D eigenvalue weighted by Gasteiger charge is 2.26. The summed E-state index contributed by atoms with van der Waals surface area (Å²) in [6, 6.07) is 0. The van der Waals surface area contributed by atoms with Crippen molar-refractivity contribution in [2.24, 2.45) is 11.8 Å². The van der Waals surface area contributed by atoms with Gasteiger partial charge in [0.2, 0.25) is 0 Å². The van der Waals surface area contributed by atoms with Crippen molar-refractivity contribution in [1.29, 1.82) is 0 Å². The molecule has 0 aromatic rings. The van der Waals surface area contributed by atoms with Gasteiger partial charge in [-0.3, -0.25) is 4.79 Å². The largest absolute Gasteiger partial charge is 0.465 e. The second kappa shape index (κ2) is 6.59. The Morgan fingerprint density at radius 1 is 1.33 bits per heavy atom. The smallest absolute Gasteiger partial charge is 0.308 e. The van der Waals surface area contributed by atoms with Crippen LogP contribution in [-0.2, 0) is 14.3 Å². The van der Waals surface area contributed by atoms with Gasteiger partial charge >= 0.3 is 5.97 Å². The zero-order valence-corrected chi connectivity index (χ0v) is 9.41. The molecule has 1 fully saturated rings. The van der Waals surface area contributed by atoms with Gasteiger partial charge in [0.05, 0.1) is 12.5 Å². The van der Waals surface area contributed by atoms with E-state index in [4.69, 9.17) is 4.74 Å². The van der Waals surface area contributed by atoms with Crippen LogP contribution in [0.1, 0.15) is 45.4 Å². The Morgan fingerprint density at radius 3 is 2.53 bits per heavy atom. The van der Waals surface area contributed by atoms with Gasteiger partial charge in [-0.1, -0.05) is 13.3 Å². The van der Waals surface area contributed by atoms with Crippen LogP contribution in [0, 0.1) is 11.8 Å². The molecule has 1 rings (SSSR count). The molecule has 0 amide bonds. The number of esters is 1. The van der Waals surface area contributed by atoms with E-state index in [-0.39, 0.29) is 17.8 Å². The average Bonchev–Trinajstić information content (AvgIpc) is 2.29. The van der Waals surface area contributed by atoms with E-state index in [9.17, 15) is 9.59 Å². The number of carbonyl (C=O) groups excluding carboxylic acids is 2. The Morgan fingerprint density at radius 2 is 2.00 bits per heavy atom. The summed E-state index contributed by atoms with van der Waals surface area (Å²) in [4.78, 5) is 22.1. The molecule has 0 atom stereocenters. The quantitative estimate of drug-likeness (QED) is 0.399. The van der Waals surface area contributed by atoms with Gasteiger partial charge in [0.15, 0.2) is 0 Å². The topological polar surface area (TPSA) is 43.4 Å². The Kier molecular flexibility index (Phi) is 5.37. The van der Waals surface area contributed by atoms with Crippen molar-refractivity contribution in [3.05, 3.63) is 0 Å². The Labute approximate surface area is 91.2 Å². The Balaban J connectivity index is 2.21. The molecule has 0 heterocycles. The molecule has 0 unspecified atom stereocenters. The van der Waals surface area contributed by atoms with E-state index < -0.39 is 0 Å². The molecule has 0 aliphatic heterocycles. The van der Waals surface area contributed by atoms with E-state index in [0.717, 1.165) is 44.8 Å². The highest BCUT2D eigenvalue weighted by Crippen LogP contribution is 2.28. The lowest BCUT2D eigenvalue weighted by Gasteiger charge is -2.23. The molecule has 0 spiro atoms. The maximum absolute atomic E-state index is 11.6. The minimum absolute atomic E-state index is 0.0399. The van der Waals surface area contributed by atoms with Gasteiger partial charge in [0, 0.05) is 5.92 Å². The first-order chi connectivity index (χ1) is 7.27. The maximum Gasteiger partial charge on any atom is 0.308 e. The third kappa shape index (κ3) is 4.02. The highest BCUT2D eigenvalue weighted by molar-refractivity contribution is 5.72. The fourth-order valence-corrected chi connectivity index (χ4v) is 1.93. The van der Waals surface area contributed by atoms with Gasteiger partial charge in [0.25, 0.3) is 0 Å². The van der Waals surface area contributed by atoms with Gasteiger partial charge in [-0.05, 0) is 32.1 Å². The van der Waals surface area contributed by atoms with Crippen LogP contribution in [0.5, 0.6) is 0 Å². The van der Waals surface area contributed by atoms with Crippen LogP contribution in [0.3, 0.4) is 0 Å². The van der Waals surface area contributed by atoms with Crippen molar-refractivity contribution < 1.29 is 14.3 Å². The van der Waals surface area contributed by atoms with Gasteiger partial charge < -0.3 is 9.53 Å². The van der Waals surface area contributed by atoms with Crippen molar-refractivity contribution in [2.45, 2.75) is 45.4 Å². The molecule has 0 aromatic carbocycles. The van der Waals surface area contributed by atoms with Crippen LogP contribution < -0.4 is 0 Å². The number of rotatable bonds is 5. The lowest BCUT2D eigenvalue weighted by atomic mass is 9.83. The van der Waals surface area contributed by atoms with Gasteiger partial charge in [-0.2, -0.15) is 0 Å². The molecule has 0 aromatic heterocycles. The molecular weight excluding hydrogens is 192 g/mol. The molecule has 3 heteroatoms. The number of aldehydes is 1. The number of hydrogen-bond acceptors (Lipinski definition) is 3. The second-order valence-corrected chi connectivity index (χ2v) is 4.27. The Hall–Kier alpha value is -0.860. The second-order valence-electron chi connectivity index (χ2n) is 4.27. The number of hydrogen-bond donors (Lipinski definition) is 0. The molecule has 1 aliphatic rings. The number of carbonyl (C=O) groups is 2. The molecular formula is C12H20O3. The summed E-state index contributed by atoms with van der Waals surface area (Å²) >= 11 is 0. The third-order valence-corrected chi connectivity index (χ3v) is 3.04. The predicted octanol–water partition coefficient (Wildman–Crippen LogP) is 2.33. The van der Waals surface area contributed by atoms with Crippen LogP contribution in [0.4, 0.5) is 0 Å². The average molecular weight is 212 g/mol. The zero-order chi connectivity index (χ0) is 11.1. The first-order valence-corrected chi connectivity index (χ1v) is 5.89. The molecule has 3 nitrogen and oxygen atoms in total. The molecule has 0 bridgehead atoms. The minimum Gasteiger partial charge on any atom is -0.465 e. The van der Waals surface area contributed by atoms with E-state index >= 15 is 0 Å². The first kappa shape index (κ1) is 12.2. The molecule has 86 valence electrons. The van der Waals surface area contributed by atoms with Gasteiger partial charge in [0.1, 0.15) is 6.29 Å². The van der Waals surface area contributed by atoms with Crippen molar-refractivity contribution in [3.63, 3.8) is 0 Å². The van der Waals surface area contributed by atoms with Crippen LogP contribution >= 0.6 is 0 Å². The monoisotopic (exact) mass is 212 g/mol. The molecule has 15 heavy (non-hydrogen) atoms. The molecule has 1 saturated carbocycles. The minimum atomic E-state index is -0.0622. The maximum atomic E-state index is 11.6. The lowest BCUT2D eigenvalue weighted by Crippen LogP contribution is -2.24. The summed E-state index contributed by atoms with van der Waals surface area (Å²) in [5.74, 6) is 0.149. The first-order valence-electron chi connectivity index (χ1n) is 5.89. The number of ether oxygens (including phenoxy) is 1. The SMILES string of the molecule is CCCCOC(=O)C1CCC(C=O)CC1. The highest BCUT2D eigenvalue weighted by atomic mass is 16.5. The van der Waals surface area contributed by atoms with Gasteiger partial charge in [-0.25, -0.2) is 0 Å². The summed E-state index contributed by atoms with van der Waals surface area (Å²) in [6.45, 7) is 2.62. The van der Waals surface area contributed by atoms with Crippen LogP contribution in [0.25, 0.3) is 0 Å². The van der Waals surface area contributed by atoms with E-state index in [0.29, 0.717) is 6.61 Å². The number of unbranched alkanes of at least 4 members (excludes halogenated alkanes) is 1. The summed E-state index contributed by atoms with van der Waals surface area (Å²) in [7, 11) is 0.